The van der Waals surface area contributed by atoms with Crippen LogP contribution < -0.4 is 11.3 Å². The van der Waals surface area contributed by atoms with E-state index in [0.29, 0.717) is 0 Å². The van der Waals surface area contributed by atoms with Crippen molar-refractivity contribution in [2.75, 3.05) is 0 Å². The Morgan fingerprint density at radius 1 is 1.82 bits per heavy atom. The Hall–Kier alpha value is 0.290. The van der Waals surface area contributed by atoms with Gasteiger partial charge in [-0.1, -0.05) is 15.9 Å². The van der Waals surface area contributed by atoms with Crippen molar-refractivity contribution in [3.63, 3.8) is 0 Å². The Morgan fingerprint density at radius 2 is 2.45 bits per heavy atom. The molecule has 0 fully saturated rings. The summed E-state index contributed by atoms with van der Waals surface area (Å²) >= 11 is 6.83. The molecule has 0 aromatic rings. The van der Waals surface area contributed by atoms with Crippen molar-refractivity contribution in [1.29, 1.82) is 0 Å². The van der Waals surface area contributed by atoms with E-state index in [4.69, 9.17) is 5.84 Å². The molecule has 1 heterocycles. The molecule has 3 nitrogen and oxygen atoms in total. The van der Waals surface area contributed by atoms with Crippen molar-refractivity contribution in [3.05, 3.63) is 10.6 Å². The lowest BCUT2D eigenvalue weighted by molar-refractivity contribution is 0.491. The number of allylic oxidation sites excluding steroid dienone is 1. The Bertz CT molecular complexity index is 210. The summed E-state index contributed by atoms with van der Waals surface area (Å²) in [6.45, 7) is 2.00. The first-order valence-corrected chi connectivity index (χ1v) is 4.71. The molecular formula is C6H9Br2N3. The van der Waals surface area contributed by atoms with Gasteiger partial charge in [-0.15, -0.1) is 0 Å². The fourth-order valence-corrected chi connectivity index (χ4v) is 2.28. The lowest BCUT2D eigenvalue weighted by Crippen LogP contribution is -2.47. The predicted octanol–water partition coefficient (Wildman–Crippen LogP) is 1.29. The molecular weight excluding hydrogens is 274 g/mol. The molecule has 0 aliphatic carbocycles. The van der Waals surface area contributed by atoms with Crippen LogP contribution in [0.15, 0.2) is 15.6 Å². The number of aliphatic imine (C=N–C) groups is 1. The quantitative estimate of drug-likeness (QED) is 0.433. The van der Waals surface area contributed by atoms with E-state index in [0.717, 1.165) is 4.48 Å². The van der Waals surface area contributed by atoms with Crippen LogP contribution >= 0.6 is 31.9 Å². The zero-order valence-corrected chi connectivity index (χ0v) is 9.18. The second kappa shape index (κ2) is 3.35. The van der Waals surface area contributed by atoms with Crippen LogP contribution in [0.4, 0.5) is 0 Å². The van der Waals surface area contributed by atoms with Gasteiger partial charge < -0.3 is 0 Å². The van der Waals surface area contributed by atoms with Gasteiger partial charge in [-0.2, -0.15) is 0 Å². The van der Waals surface area contributed by atoms with Gasteiger partial charge in [0.1, 0.15) is 6.17 Å². The van der Waals surface area contributed by atoms with Crippen molar-refractivity contribution in [1.82, 2.24) is 5.43 Å². The van der Waals surface area contributed by atoms with Crippen molar-refractivity contribution in [2.24, 2.45) is 10.8 Å². The van der Waals surface area contributed by atoms with Crippen LogP contribution in [0.3, 0.4) is 0 Å². The number of alkyl halides is 1. The van der Waals surface area contributed by atoms with Crippen LogP contribution in [0, 0.1) is 0 Å². The average molecular weight is 283 g/mol. The highest BCUT2D eigenvalue weighted by Crippen LogP contribution is 2.29. The molecule has 1 rings (SSSR count). The molecule has 1 aliphatic heterocycles. The molecule has 2 atom stereocenters. The van der Waals surface area contributed by atoms with Gasteiger partial charge in [0.15, 0.2) is 0 Å². The minimum atomic E-state index is -0.213. The second-order valence-corrected chi connectivity index (χ2v) is 5.15. The molecule has 3 N–H and O–H groups in total. The number of rotatable bonds is 1. The molecule has 0 aromatic carbocycles. The lowest BCUT2D eigenvalue weighted by atomic mass is 10.1. The molecule has 0 amide bonds. The fourth-order valence-electron chi connectivity index (χ4n) is 0.883. The number of nitrogens with two attached hydrogens (primary N) is 1. The van der Waals surface area contributed by atoms with E-state index in [1.807, 2.05) is 13.0 Å². The summed E-state index contributed by atoms with van der Waals surface area (Å²) in [5, 5.41) is 0. The molecule has 0 bridgehead atoms. The van der Waals surface area contributed by atoms with Crippen molar-refractivity contribution in [3.8, 4) is 0 Å². The Balaban J connectivity index is 2.84. The maximum Gasteiger partial charge on any atom is 0.130 e. The summed E-state index contributed by atoms with van der Waals surface area (Å²) in [6.07, 6.45) is 3.63. The lowest BCUT2D eigenvalue weighted by Gasteiger charge is -2.28. The van der Waals surface area contributed by atoms with Crippen molar-refractivity contribution in [2.45, 2.75) is 17.4 Å². The Morgan fingerprint density at radius 3 is 2.91 bits per heavy atom. The molecule has 0 saturated carbocycles. The molecule has 62 valence electrons. The molecule has 2 unspecified atom stereocenters. The van der Waals surface area contributed by atoms with Crippen LogP contribution in [0.5, 0.6) is 0 Å². The normalized spacial score (nSPS) is 37.1. The number of hydrogen-bond donors (Lipinski definition) is 2. The third-order valence-corrected chi connectivity index (χ3v) is 2.56. The summed E-state index contributed by atoms with van der Waals surface area (Å²) in [4.78, 5) is 4.16. The van der Waals surface area contributed by atoms with Gasteiger partial charge in [0.25, 0.3) is 0 Å². The van der Waals surface area contributed by atoms with Gasteiger partial charge in [-0.05, 0) is 28.9 Å². The number of nitrogens with zero attached hydrogens (tertiary/aromatic N) is 1. The topological polar surface area (TPSA) is 50.4 Å². The molecule has 0 radical (unpaired) electrons. The average Bonchev–Trinajstić information content (AvgIpc) is 1.85. The third kappa shape index (κ3) is 2.11. The molecule has 0 aromatic heterocycles. The molecule has 1 aliphatic rings. The zero-order valence-electron chi connectivity index (χ0n) is 6.01. The van der Waals surface area contributed by atoms with E-state index in [-0.39, 0.29) is 10.5 Å². The SMILES string of the molecule is CC1(Br)C=C(Br)C=NC1NN. The number of hydrazine groups is 1. The molecule has 11 heavy (non-hydrogen) atoms. The van der Waals surface area contributed by atoms with Gasteiger partial charge in [-0.25, -0.2) is 5.43 Å². The zero-order chi connectivity index (χ0) is 8.48. The van der Waals surface area contributed by atoms with Crippen LogP contribution in [0.2, 0.25) is 0 Å². The van der Waals surface area contributed by atoms with E-state index < -0.39 is 0 Å². The number of halogens is 2. The summed E-state index contributed by atoms with van der Waals surface area (Å²) in [5.74, 6) is 5.29. The van der Waals surface area contributed by atoms with Gasteiger partial charge >= 0.3 is 0 Å². The van der Waals surface area contributed by atoms with E-state index in [2.05, 4.69) is 42.3 Å². The highest BCUT2D eigenvalue weighted by molar-refractivity contribution is 9.12. The third-order valence-electron chi connectivity index (χ3n) is 1.46. The van der Waals surface area contributed by atoms with Crippen LogP contribution in [0.1, 0.15) is 6.92 Å². The maximum absolute atomic E-state index is 5.29. The van der Waals surface area contributed by atoms with E-state index in [9.17, 15) is 0 Å². The minimum absolute atomic E-state index is 0.108. The first-order valence-electron chi connectivity index (χ1n) is 3.13. The van der Waals surface area contributed by atoms with Gasteiger partial charge in [0.2, 0.25) is 0 Å². The molecule has 5 heteroatoms. The summed E-state index contributed by atoms with van der Waals surface area (Å²) < 4.78 is 0.748. The number of nitrogens with one attached hydrogen (secondary N) is 1. The predicted molar refractivity (Wildman–Crippen MR) is 53.9 cm³/mol. The first kappa shape index (κ1) is 9.38. The molecule has 0 saturated heterocycles. The first-order chi connectivity index (χ1) is 5.06. The second-order valence-electron chi connectivity index (χ2n) is 2.53. The van der Waals surface area contributed by atoms with E-state index in [1.165, 1.54) is 0 Å². The Labute approximate surface area is 82.4 Å². The smallest absolute Gasteiger partial charge is 0.130 e. The number of dihydropyridines is 1. The van der Waals surface area contributed by atoms with Crippen LogP contribution in [-0.4, -0.2) is 16.7 Å². The van der Waals surface area contributed by atoms with Crippen LogP contribution in [0.25, 0.3) is 0 Å². The largest absolute Gasteiger partial charge is 0.270 e. The summed E-state index contributed by atoms with van der Waals surface area (Å²) in [5.41, 5.74) is 2.60. The van der Waals surface area contributed by atoms with E-state index >= 15 is 0 Å². The maximum atomic E-state index is 5.29. The summed E-state index contributed by atoms with van der Waals surface area (Å²) in [6, 6.07) is 0. The van der Waals surface area contributed by atoms with Crippen molar-refractivity contribution < 1.29 is 0 Å². The standard InChI is InChI=1S/C6H9Br2N3/c1-6(8)2-4(7)3-10-5(6)11-9/h2-3,5,11H,9H2,1H3. The van der Waals surface area contributed by atoms with Gasteiger partial charge in [-0.3, -0.25) is 10.8 Å². The molecule has 0 spiro atoms. The van der Waals surface area contributed by atoms with Crippen LogP contribution in [-0.2, 0) is 0 Å². The van der Waals surface area contributed by atoms with Gasteiger partial charge in [0.05, 0.1) is 4.32 Å². The monoisotopic (exact) mass is 281 g/mol. The van der Waals surface area contributed by atoms with Crippen molar-refractivity contribution >= 4 is 38.1 Å². The Kier molecular flexibility index (Phi) is 2.85. The fraction of sp³-hybridized carbons (Fsp3) is 0.500. The van der Waals surface area contributed by atoms with Gasteiger partial charge in [0, 0.05) is 10.7 Å². The highest BCUT2D eigenvalue weighted by Gasteiger charge is 2.30. The van der Waals surface area contributed by atoms with E-state index in [1.54, 1.807) is 6.21 Å². The number of hydrogen-bond acceptors (Lipinski definition) is 3. The minimum Gasteiger partial charge on any atom is -0.270 e. The summed E-state index contributed by atoms with van der Waals surface area (Å²) in [7, 11) is 0. The highest BCUT2D eigenvalue weighted by atomic mass is 79.9.